The van der Waals surface area contributed by atoms with Crippen molar-refractivity contribution in [2.24, 2.45) is 0 Å². The van der Waals surface area contributed by atoms with E-state index < -0.39 is 5.54 Å². The molecule has 1 aromatic rings. The number of carbonyl (C=O) groups is 1. The van der Waals surface area contributed by atoms with Gasteiger partial charge in [0.2, 0.25) is 0 Å². The summed E-state index contributed by atoms with van der Waals surface area (Å²) in [5.74, 6) is 0.151. The number of halogens is 2. The highest BCUT2D eigenvalue weighted by Crippen LogP contribution is 2.18. The van der Waals surface area contributed by atoms with Gasteiger partial charge >= 0.3 is 0 Å². The molecule has 1 aromatic carbocycles. The van der Waals surface area contributed by atoms with Crippen LogP contribution in [0.1, 0.15) is 29.8 Å². The zero-order valence-electron chi connectivity index (χ0n) is 9.60. The third-order valence-corrected chi connectivity index (χ3v) is 3.14. The minimum Gasteiger partial charge on any atom is -0.346 e. The zero-order chi connectivity index (χ0) is 12.3. The second-order valence-corrected chi connectivity index (χ2v) is 5.13. The van der Waals surface area contributed by atoms with Gasteiger partial charge in [-0.2, -0.15) is 0 Å². The van der Waals surface area contributed by atoms with E-state index in [1.165, 1.54) is 0 Å². The zero-order valence-corrected chi connectivity index (χ0v) is 11.1. The van der Waals surface area contributed by atoms with Crippen molar-refractivity contribution in [3.8, 4) is 0 Å². The Bertz CT molecular complexity index is 402. The third-order valence-electron chi connectivity index (χ3n) is 2.16. The Morgan fingerprint density at radius 1 is 1.44 bits per heavy atom. The minimum absolute atomic E-state index is 0.198. The lowest BCUT2D eigenvalue weighted by Gasteiger charge is -2.23. The van der Waals surface area contributed by atoms with E-state index in [4.69, 9.17) is 23.2 Å². The number of rotatable bonds is 3. The van der Waals surface area contributed by atoms with E-state index in [9.17, 15) is 4.79 Å². The van der Waals surface area contributed by atoms with Gasteiger partial charge < -0.3 is 5.32 Å². The summed E-state index contributed by atoms with van der Waals surface area (Å²) in [7, 11) is 0. The molecule has 16 heavy (non-hydrogen) atoms. The van der Waals surface area contributed by atoms with Crippen LogP contribution in [0.15, 0.2) is 18.2 Å². The van der Waals surface area contributed by atoms with Crippen molar-refractivity contribution >= 4 is 29.1 Å². The average Bonchev–Trinajstić information content (AvgIpc) is 2.16. The Hall–Kier alpha value is -0.730. The molecule has 2 nitrogen and oxygen atoms in total. The summed E-state index contributed by atoms with van der Waals surface area (Å²) < 4.78 is 0. The summed E-state index contributed by atoms with van der Waals surface area (Å²) in [4.78, 5) is 11.9. The molecule has 0 spiro atoms. The van der Waals surface area contributed by atoms with Gasteiger partial charge in [0.25, 0.3) is 5.91 Å². The normalized spacial score (nSPS) is 11.3. The number of benzene rings is 1. The van der Waals surface area contributed by atoms with Crippen LogP contribution in [0.2, 0.25) is 5.02 Å². The van der Waals surface area contributed by atoms with Crippen molar-refractivity contribution in [1.82, 2.24) is 5.32 Å². The maximum Gasteiger partial charge on any atom is 0.253 e. The van der Waals surface area contributed by atoms with Crippen LogP contribution in [0, 0.1) is 6.92 Å². The smallest absolute Gasteiger partial charge is 0.253 e. The number of amides is 1. The van der Waals surface area contributed by atoms with E-state index in [1.54, 1.807) is 12.1 Å². The molecule has 0 unspecified atom stereocenters. The van der Waals surface area contributed by atoms with Gasteiger partial charge in [-0.3, -0.25) is 4.79 Å². The highest BCUT2D eigenvalue weighted by molar-refractivity contribution is 6.34. The van der Waals surface area contributed by atoms with Gasteiger partial charge in [0.15, 0.2) is 0 Å². The maximum absolute atomic E-state index is 11.9. The number of hydrogen-bond donors (Lipinski definition) is 1. The summed E-state index contributed by atoms with van der Waals surface area (Å²) in [6.07, 6.45) is 0. The molecule has 1 N–H and O–H groups in total. The van der Waals surface area contributed by atoms with Crippen molar-refractivity contribution in [2.45, 2.75) is 26.3 Å². The number of alkyl halides is 1. The molecule has 0 atom stereocenters. The first-order chi connectivity index (χ1) is 7.35. The van der Waals surface area contributed by atoms with E-state index in [-0.39, 0.29) is 5.91 Å². The van der Waals surface area contributed by atoms with Gasteiger partial charge in [-0.15, -0.1) is 11.6 Å². The molecular weight excluding hydrogens is 245 g/mol. The van der Waals surface area contributed by atoms with Crippen LogP contribution >= 0.6 is 23.2 Å². The van der Waals surface area contributed by atoms with Crippen molar-refractivity contribution in [1.29, 1.82) is 0 Å². The van der Waals surface area contributed by atoms with E-state index >= 15 is 0 Å². The summed E-state index contributed by atoms with van der Waals surface area (Å²) >= 11 is 11.7. The molecule has 0 aromatic heterocycles. The lowest BCUT2D eigenvalue weighted by molar-refractivity contribution is 0.0920. The quantitative estimate of drug-likeness (QED) is 0.829. The number of hydrogen-bond acceptors (Lipinski definition) is 1. The topological polar surface area (TPSA) is 29.1 Å². The fourth-order valence-corrected chi connectivity index (χ4v) is 1.60. The van der Waals surface area contributed by atoms with E-state index in [1.807, 2.05) is 26.8 Å². The molecule has 0 heterocycles. The number of nitrogens with one attached hydrogen (secondary N) is 1. The number of carbonyl (C=O) groups excluding carboxylic acids is 1. The lowest BCUT2D eigenvalue weighted by atomic mass is 10.1. The highest BCUT2D eigenvalue weighted by atomic mass is 35.5. The molecule has 88 valence electrons. The average molecular weight is 260 g/mol. The van der Waals surface area contributed by atoms with Gasteiger partial charge in [-0.05, 0) is 38.5 Å². The van der Waals surface area contributed by atoms with Gasteiger partial charge in [-0.25, -0.2) is 0 Å². The van der Waals surface area contributed by atoms with Crippen LogP contribution < -0.4 is 5.32 Å². The van der Waals surface area contributed by atoms with Crippen LogP contribution in [0.5, 0.6) is 0 Å². The predicted molar refractivity (Wildman–Crippen MR) is 68.5 cm³/mol. The summed E-state index contributed by atoms with van der Waals surface area (Å²) in [5.41, 5.74) is 1.07. The molecular formula is C12H15Cl2NO. The molecule has 0 saturated carbocycles. The molecule has 0 aliphatic heterocycles. The SMILES string of the molecule is Cc1ccc(C(=O)NC(C)(C)CCl)c(Cl)c1. The standard InChI is InChI=1S/C12H15Cl2NO/c1-8-4-5-9(10(14)6-8)11(16)15-12(2,3)7-13/h4-6H,7H2,1-3H3,(H,15,16). The van der Waals surface area contributed by atoms with E-state index in [0.29, 0.717) is 16.5 Å². The second kappa shape index (κ2) is 5.07. The van der Waals surface area contributed by atoms with Gasteiger partial charge in [0.1, 0.15) is 0 Å². The second-order valence-electron chi connectivity index (χ2n) is 4.45. The van der Waals surface area contributed by atoms with Crippen LogP contribution in [0.25, 0.3) is 0 Å². The van der Waals surface area contributed by atoms with Crippen LogP contribution in [-0.4, -0.2) is 17.3 Å². The predicted octanol–water partition coefficient (Wildman–Crippen LogP) is 3.40. The molecule has 0 aliphatic rings. The first kappa shape index (κ1) is 13.3. The van der Waals surface area contributed by atoms with Crippen molar-refractivity contribution in [3.05, 3.63) is 34.3 Å². The minimum atomic E-state index is -0.438. The Kier molecular flexibility index (Phi) is 4.22. The van der Waals surface area contributed by atoms with Crippen LogP contribution in [0.3, 0.4) is 0 Å². The van der Waals surface area contributed by atoms with E-state index in [0.717, 1.165) is 5.56 Å². The van der Waals surface area contributed by atoms with Crippen molar-refractivity contribution < 1.29 is 4.79 Å². The largest absolute Gasteiger partial charge is 0.346 e. The Morgan fingerprint density at radius 2 is 2.06 bits per heavy atom. The molecule has 0 aliphatic carbocycles. The Balaban J connectivity index is 2.89. The summed E-state index contributed by atoms with van der Waals surface area (Å²) in [6, 6.07) is 5.34. The van der Waals surface area contributed by atoms with Gasteiger partial charge in [-0.1, -0.05) is 17.7 Å². The van der Waals surface area contributed by atoms with Crippen LogP contribution in [-0.2, 0) is 0 Å². The molecule has 0 bridgehead atoms. The molecule has 0 fully saturated rings. The molecule has 4 heteroatoms. The summed E-state index contributed by atoms with van der Waals surface area (Å²) in [6.45, 7) is 5.65. The Labute approximate surface area is 106 Å². The maximum atomic E-state index is 11.9. The van der Waals surface area contributed by atoms with Crippen molar-refractivity contribution in [3.63, 3.8) is 0 Å². The van der Waals surface area contributed by atoms with Crippen LogP contribution in [0.4, 0.5) is 0 Å². The third kappa shape index (κ3) is 3.39. The summed E-state index contributed by atoms with van der Waals surface area (Å²) in [5, 5.41) is 3.29. The first-order valence-corrected chi connectivity index (χ1v) is 5.91. The molecule has 0 saturated heterocycles. The first-order valence-electron chi connectivity index (χ1n) is 5.00. The monoisotopic (exact) mass is 259 g/mol. The molecule has 1 amide bonds. The molecule has 0 radical (unpaired) electrons. The number of aryl methyl sites for hydroxylation is 1. The van der Waals surface area contributed by atoms with E-state index in [2.05, 4.69) is 5.32 Å². The van der Waals surface area contributed by atoms with Gasteiger partial charge in [0.05, 0.1) is 10.6 Å². The molecule has 1 rings (SSSR count). The Morgan fingerprint density at radius 3 is 2.56 bits per heavy atom. The van der Waals surface area contributed by atoms with Crippen molar-refractivity contribution in [2.75, 3.05) is 5.88 Å². The fraction of sp³-hybridized carbons (Fsp3) is 0.417. The fourth-order valence-electron chi connectivity index (χ4n) is 1.21. The van der Waals surface area contributed by atoms with Gasteiger partial charge in [0, 0.05) is 11.4 Å². The highest BCUT2D eigenvalue weighted by Gasteiger charge is 2.21. The lowest BCUT2D eigenvalue weighted by Crippen LogP contribution is -2.44.